The van der Waals surface area contributed by atoms with Gasteiger partial charge in [0.1, 0.15) is 5.75 Å². The first kappa shape index (κ1) is 20.4. The summed E-state index contributed by atoms with van der Waals surface area (Å²) in [6.45, 7) is 4.76. The van der Waals surface area contributed by atoms with Gasteiger partial charge in [-0.15, -0.1) is 13.2 Å². The highest BCUT2D eigenvalue weighted by Crippen LogP contribution is 2.32. The third-order valence-corrected chi connectivity index (χ3v) is 5.43. The minimum atomic E-state index is -4.76. The Labute approximate surface area is 163 Å². The molecule has 1 aromatic carbocycles. The van der Waals surface area contributed by atoms with Gasteiger partial charge in [0.2, 0.25) is 11.8 Å². The number of ether oxygens (including phenoxy) is 1. The number of nitrogens with zero attached hydrogens (tertiary/aromatic N) is 2. The fraction of sp³-hybridized carbons (Fsp3) is 0.500. The van der Waals surface area contributed by atoms with Crippen LogP contribution in [-0.2, 0) is 9.59 Å². The summed E-state index contributed by atoms with van der Waals surface area (Å²) in [7, 11) is 0. The number of alkyl halides is 3. The Morgan fingerprint density at radius 3 is 2.57 bits per heavy atom. The second-order valence-electron chi connectivity index (χ2n) is 6.94. The van der Waals surface area contributed by atoms with Crippen LogP contribution in [0.25, 0.3) is 10.2 Å². The van der Waals surface area contributed by atoms with Crippen molar-refractivity contribution in [1.82, 2.24) is 9.88 Å². The number of nitrogens with one attached hydrogen (secondary N) is 1. The van der Waals surface area contributed by atoms with Gasteiger partial charge in [-0.3, -0.25) is 9.59 Å². The van der Waals surface area contributed by atoms with Crippen molar-refractivity contribution in [3.63, 3.8) is 0 Å². The van der Waals surface area contributed by atoms with Gasteiger partial charge in [-0.1, -0.05) is 25.2 Å². The van der Waals surface area contributed by atoms with Crippen LogP contribution in [0, 0.1) is 11.8 Å². The van der Waals surface area contributed by atoms with Crippen molar-refractivity contribution < 1.29 is 27.5 Å². The fourth-order valence-electron chi connectivity index (χ4n) is 3.09. The Balaban J connectivity index is 1.61. The summed E-state index contributed by atoms with van der Waals surface area (Å²) >= 11 is 1.08. The quantitative estimate of drug-likeness (QED) is 0.819. The SMILES string of the molecule is CC(C)C(=O)N1CCC(C(=O)Nc2nc3ccc(OC(F)(F)F)cc3s2)CC1. The second kappa shape index (κ2) is 7.94. The maximum atomic E-state index is 12.5. The summed E-state index contributed by atoms with van der Waals surface area (Å²) in [5.41, 5.74) is 0.479. The molecule has 152 valence electrons. The van der Waals surface area contributed by atoms with Crippen LogP contribution < -0.4 is 10.1 Å². The summed E-state index contributed by atoms with van der Waals surface area (Å²) in [5, 5.41) is 3.06. The number of likely N-dealkylation sites (tertiary alicyclic amines) is 1. The van der Waals surface area contributed by atoms with Crippen LogP contribution >= 0.6 is 11.3 Å². The molecule has 0 bridgehead atoms. The maximum absolute atomic E-state index is 12.5. The van der Waals surface area contributed by atoms with Gasteiger partial charge in [-0.05, 0) is 25.0 Å². The van der Waals surface area contributed by atoms with Crippen LogP contribution in [0.15, 0.2) is 18.2 Å². The number of piperidine rings is 1. The third kappa shape index (κ3) is 4.92. The Morgan fingerprint density at radius 2 is 1.96 bits per heavy atom. The lowest BCUT2D eigenvalue weighted by molar-refractivity contribution is -0.274. The van der Waals surface area contributed by atoms with E-state index in [1.807, 2.05) is 13.8 Å². The molecule has 0 aliphatic carbocycles. The van der Waals surface area contributed by atoms with Gasteiger partial charge in [-0.25, -0.2) is 4.98 Å². The zero-order valence-electron chi connectivity index (χ0n) is 15.4. The smallest absolute Gasteiger partial charge is 0.406 e. The molecule has 2 heterocycles. The highest BCUT2D eigenvalue weighted by Gasteiger charge is 2.31. The van der Waals surface area contributed by atoms with Crippen LogP contribution in [0.3, 0.4) is 0 Å². The van der Waals surface area contributed by atoms with E-state index in [-0.39, 0.29) is 29.4 Å². The van der Waals surface area contributed by atoms with Gasteiger partial charge < -0.3 is 15.0 Å². The molecule has 0 unspecified atom stereocenters. The zero-order chi connectivity index (χ0) is 20.5. The standard InChI is InChI=1S/C18H20F3N3O3S/c1-10(2)16(26)24-7-5-11(6-8-24)15(25)23-17-22-13-4-3-12(9-14(13)28-17)27-18(19,20)21/h3-4,9-11H,5-8H2,1-2H3,(H,22,23,25). The third-order valence-electron chi connectivity index (χ3n) is 4.49. The lowest BCUT2D eigenvalue weighted by Crippen LogP contribution is -2.43. The number of hydrogen-bond acceptors (Lipinski definition) is 5. The van der Waals surface area contributed by atoms with Crippen LogP contribution in [-0.4, -0.2) is 41.2 Å². The number of anilines is 1. The van der Waals surface area contributed by atoms with Crippen LogP contribution in [0.2, 0.25) is 0 Å². The molecule has 1 N–H and O–H groups in total. The van der Waals surface area contributed by atoms with E-state index in [2.05, 4.69) is 15.0 Å². The minimum Gasteiger partial charge on any atom is -0.406 e. The van der Waals surface area contributed by atoms with Gasteiger partial charge in [0.25, 0.3) is 0 Å². The van der Waals surface area contributed by atoms with Gasteiger partial charge in [0.05, 0.1) is 10.2 Å². The number of halogens is 3. The van der Waals surface area contributed by atoms with Gasteiger partial charge in [-0.2, -0.15) is 0 Å². The van der Waals surface area contributed by atoms with E-state index < -0.39 is 6.36 Å². The number of fused-ring (bicyclic) bond motifs is 1. The normalized spacial score (nSPS) is 15.9. The first-order valence-electron chi connectivity index (χ1n) is 8.88. The second-order valence-corrected chi connectivity index (χ2v) is 7.97. The molecule has 1 aliphatic rings. The molecular weight excluding hydrogens is 395 g/mol. The number of amides is 2. The molecule has 0 radical (unpaired) electrons. The van der Waals surface area contributed by atoms with E-state index in [1.165, 1.54) is 18.2 Å². The van der Waals surface area contributed by atoms with E-state index in [0.29, 0.717) is 41.3 Å². The number of rotatable bonds is 4. The van der Waals surface area contributed by atoms with Crippen molar-refractivity contribution in [2.75, 3.05) is 18.4 Å². The Hall–Kier alpha value is -2.36. The van der Waals surface area contributed by atoms with Gasteiger partial charge in [0, 0.05) is 31.0 Å². The summed E-state index contributed by atoms with van der Waals surface area (Å²) in [6, 6.07) is 3.84. The number of thiazole rings is 1. The van der Waals surface area contributed by atoms with Crippen molar-refractivity contribution in [2.45, 2.75) is 33.1 Å². The van der Waals surface area contributed by atoms with E-state index in [9.17, 15) is 22.8 Å². The van der Waals surface area contributed by atoms with Crippen molar-refractivity contribution >= 4 is 38.5 Å². The summed E-state index contributed by atoms with van der Waals surface area (Å²) in [6.07, 6.45) is -3.63. The van der Waals surface area contributed by atoms with Gasteiger partial charge in [0.15, 0.2) is 5.13 Å². The lowest BCUT2D eigenvalue weighted by atomic mass is 9.95. The Bertz CT molecular complexity index is 874. The van der Waals surface area contributed by atoms with E-state index in [0.717, 1.165) is 11.3 Å². The van der Waals surface area contributed by atoms with Crippen molar-refractivity contribution in [1.29, 1.82) is 0 Å². The summed E-state index contributed by atoms with van der Waals surface area (Å²) in [5.74, 6) is -0.736. The topological polar surface area (TPSA) is 71.5 Å². The van der Waals surface area contributed by atoms with E-state index in [1.54, 1.807) is 4.90 Å². The Kier molecular flexibility index (Phi) is 5.78. The van der Waals surface area contributed by atoms with Crippen LogP contribution in [0.4, 0.5) is 18.3 Å². The molecule has 0 saturated carbocycles. The predicted octanol–water partition coefficient (Wildman–Crippen LogP) is 4.03. The first-order valence-corrected chi connectivity index (χ1v) is 9.70. The molecule has 1 aliphatic heterocycles. The van der Waals surface area contributed by atoms with Crippen LogP contribution in [0.1, 0.15) is 26.7 Å². The fourth-order valence-corrected chi connectivity index (χ4v) is 3.99. The minimum absolute atomic E-state index is 0.0701. The zero-order valence-corrected chi connectivity index (χ0v) is 16.2. The number of benzene rings is 1. The number of carbonyl (C=O) groups is 2. The summed E-state index contributed by atoms with van der Waals surface area (Å²) in [4.78, 5) is 30.5. The number of aromatic nitrogens is 1. The Morgan fingerprint density at radius 1 is 1.29 bits per heavy atom. The highest BCUT2D eigenvalue weighted by atomic mass is 32.1. The predicted molar refractivity (Wildman–Crippen MR) is 99.1 cm³/mol. The molecule has 10 heteroatoms. The van der Waals surface area contributed by atoms with E-state index >= 15 is 0 Å². The van der Waals surface area contributed by atoms with Crippen LogP contribution in [0.5, 0.6) is 5.75 Å². The highest BCUT2D eigenvalue weighted by molar-refractivity contribution is 7.22. The largest absolute Gasteiger partial charge is 0.573 e. The molecule has 0 atom stereocenters. The van der Waals surface area contributed by atoms with E-state index in [4.69, 9.17) is 0 Å². The van der Waals surface area contributed by atoms with Crippen molar-refractivity contribution in [2.24, 2.45) is 11.8 Å². The summed E-state index contributed by atoms with van der Waals surface area (Å²) < 4.78 is 41.4. The molecule has 2 amide bonds. The molecule has 3 rings (SSSR count). The molecule has 0 spiro atoms. The first-order chi connectivity index (χ1) is 13.1. The monoisotopic (exact) mass is 415 g/mol. The average molecular weight is 415 g/mol. The maximum Gasteiger partial charge on any atom is 0.573 e. The number of hydrogen-bond donors (Lipinski definition) is 1. The van der Waals surface area contributed by atoms with Crippen molar-refractivity contribution in [3.8, 4) is 5.75 Å². The number of carbonyl (C=O) groups excluding carboxylic acids is 2. The lowest BCUT2D eigenvalue weighted by Gasteiger charge is -2.32. The average Bonchev–Trinajstić information content (AvgIpc) is 3.01. The van der Waals surface area contributed by atoms with Gasteiger partial charge >= 0.3 is 6.36 Å². The molecule has 1 saturated heterocycles. The molecule has 2 aromatic rings. The molecule has 28 heavy (non-hydrogen) atoms. The molecule has 1 aromatic heterocycles. The molecular formula is C18H20F3N3O3S. The molecule has 6 nitrogen and oxygen atoms in total. The molecule has 1 fully saturated rings. The van der Waals surface area contributed by atoms with Crippen molar-refractivity contribution in [3.05, 3.63) is 18.2 Å².